The number of hydrogen-bond donors (Lipinski definition) is 2. The molecule has 140 valence electrons. The number of benzene rings is 3. The van der Waals surface area contributed by atoms with E-state index in [0.717, 1.165) is 17.4 Å². The minimum atomic E-state index is -3.36. The fourth-order valence-corrected chi connectivity index (χ4v) is 3.77. The van der Waals surface area contributed by atoms with E-state index in [-0.39, 0.29) is 11.7 Å². The maximum atomic E-state index is 12.6. The van der Waals surface area contributed by atoms with Gasteiger partial charge in [-0.3, -0.25) is 14.3 Å². The summed E-state index contributed by atoms with van der Waals surface area (Å²) in [4.78, 5) is 25.2. The normalized spacial score (nSPS) is 12.2. The number of ketones is 1. The van der Waals surface area contributed by atoms with Crippen molar-refractivity contribution in [3.05, 3.63) is 83.4 Å². The Morgan fingerprint density at radius 2 is 1.39 bits per heavy atom. The summed E-state index contributed by atoms with van der Waals surface area (Å²) in [6.07, 6.45) is 1.07. The third kappa shape index (κ3) is 3.39. The topological polar surface area (TPSA) is 92.3 Å². The highest BCUT2D eigenvalue weighted by Crippen LogP contribution is 2.36. The number of nitrogens with one attached hydrogen (secondary N) is 2. The zero-order valence-electron chi connectivity index (χ0n) is 14.9. The summed E-state index contributed by atoms with van der Waals surface area (Å²) in [6.45, 7) is 0. The number of fused-ring (bicyclic) bond motifs is 3. The minimum Gasteiger partial charge on any atom is -0.322 e. The van der Waals surface area contributed by atoms with Gasteiger partial charge in [-0.2, -0.15) is 0 Å². The molecule has 0 unspecified atom stereocenters. The Morgan fingerprint density at radius 3 is 2.07 bits per heavy atom. The first-order valence-corrected chi connectivity index (χ1v) is 10.4. The molecule has 7 heteroatoms. The zero-order chi connectivity index (χ0) is 19.9. The number of hydrogen-bond acceptors (Lipinski definition) is 4. The smallest absolute Gasteiger partial charge is 0.255 e. The predicted molar refractivity (Wildman–Crippen MR) is 108 cm³/mol. The standard InChI is InChI=1S/C21H16N2O4S/c1-28(26,27)23-15-9-7-14(8-10-15)22-21(25)13-6-11-17-16-4-2-3-5-18(16)20(24)19(17)12-13/h2-12,23H,1H3,(H,22,25). The van der Waals surface area contributed by atoms with Gasteiger partial charge in [0.05, 0.1) is 6.26 Å². The van der Waals surface area contributed by atoms with Crippen molar-refractivity contribution in [2.45, 2.75) is 0 Å². The zero-order valence-corrected chi connectivity index (χ0v) is 15.7. The Balaban J connectivity index is 1.55. The van der Waals surface area contributed by atoms with Crippen LogP contribution in [-0.2, 0) is 10.0 Å². The lowest BCUT2D eigenvalue weighted by atomic mass is 10.0. The van der Waals surface area contributed by atoms with Crippen molar-refractivity contribution >= 4 is 33.1 Å². The maximum absolute atomic E-state index is 12.6. The van der Waals surface area contributed by atoms with Crippen LogP contribution in [0.1, 0.15) is 26.3 Å². The minimum absolute atomic E-state index is 0.0866. The van der Waals surface area contributed by atoms with E-state index < -0.39 is 10.0 Å². The molecule has 1 aliphatic carbocycles. The van der Waals surface area contributed by atoms with E-state index in [4.69, 9.17) is 0 Å². The molecule has 0 bridgehead atoms. The van der Waals surface area contributed by atoms with Gasteiger partial charge in [0.1, 0.15) is 0 Å². The first kappa shape index (κ1) is 17.9. The van der Waals surface area contributed by atoms with Crippen molar-refractivity contribution < 1.29 is 18.0 Å². The van der Waals surface area contributed by atoms with Crippen LogP contribution in [0.2, 0.25) is 0 Å². The molecule has 28 heavy (non-hydrogen) atoms. The van der Waals surface area contributed by atoms with Gasteiger partial charge < -0.3 is 5.32 Å². The summed E-state index contributed by atoms with van der Waals surface area (Å²) in [5, 5.41) is 2.75. The summed E-state index contributed by atoms with van der Waals surface area (Å²) >= 11 is 0. The molecule has 0 heterocycles. The van der Waals surface area contributed by atoms with Crippen molar-refractivity contribution in [2.75, 3.05) is 16.3 Å². The van der Waals surface area contributed by atoms with Crippen LogP contribution in [0, 0.1) is 0 Å². The van der Waals surface area contributed by atoms with Gasteiger partial charge >= 0.3 is 0 Å². The Kier molecular flexibility index (Phi) is 4.24. The highest BCUT2D eigenvalue weighted by atomic mass is 32.2. The SMILES string of the molecule is CS(=O)(=O)Nc1ccc(NC(=O)c2ccc3c(c2)C(=O)c2ccccc2-3)cc1. The van der Waals surface area contributed by atoms with Crippen LogP contribution in [0.15, 0.2) is 66.7 Å². The van der Waals surface area contributed by atoms with Crippen LogP contribution in [-0.4, -0.2) is 26.4 Å². The molecular formula is C21H16N2O4S. The van der Waals surface area contributed by atoms with Gasteiger partial charge in [-0.15, -0.1) is 0 Å². The predicted octanol–water partition coefficient (Wildman–Crippen LogP) is 3.52. The third-order valence-electron chi connectivity index (χ3n) is 4.43. The van der Waals surface area contributed by atoms with Gasteiger partial charge in [-0.25, -0.2) is 8.42 Å². The van der Waals surface area contributed by atoms with Crippen LogP contribution in [0.25, 0.3) is 11.1 Å². The number of carbonyl (C=O) groups is 2. The highest BCUT2D eigenvalue weighted by molar-refractivity contribution is 7.92. The number of carbonyl (C=O) groups excluding carboxylic acids is 2. The Labute approximate surface area is 162 Å². The lowest BCUT2D eigenvalue weighted by molar-refractivity contribution is 0.102. The molecule has 1 amide bonds. The highest BCUT2D eigenvalue weighted by Gasteiger charge is 2.27. The van der Waals surface area contributed by atoms with Crippen LogP contribution in [0.4, 0.5) is 11.4 Å². The summed E-state index contributed by atoms with van der Waals surface area (Å²) < 4.78 is 24.8. The van der Waals surface area contributed by atoms with Crippen molar-refractivity contribution in [3.8, 4) is 11.1 Å². The van der Waals surface area contributed by atoms with Crippen LogP contribution in [0.5, 0.6) is 0 Å². The molecule has 0 spiro atoms. The van der Waals surface area contributed by atoms with Crippen LogP contribution in [0.3, 0.4) is 0 Å². The second-order valence-electron chi connectivity index (χ2n) is 6.54. The largest absolute Gasteiger partial charge is 0.322 e. The number of sulfonamides is 1. The molecule has 0 fully saturated rings. The van der Waals surface area contributed by atoms with Gasteiger partial charge in [-0.05, 0) is 47.5 Å². The maximum Gasteiger partial charge on any atom is 0.255 e. The van der Waals surface area contributed by atoms with E-state index in [1.807, 2.05) is 18.2 Å². The molecule has 2 N–H and O–H groups in total. The van der Waals surface area contributed by atoms with Crippen LogP contribution >= 0.6 is 0 Å². The Hall–Kier alpha value is -3.45. The first-order chi connectivity index (χ1) is 13.3. The number of rotatable bonds is 4. The Morgan fingerprint density at radius 1 is 0.786 bits per heavy atom. The van der Waals surface area contributed by atoms with Gasteiger partial charge in [0.15, 0.2) is 5.78 Å². The average molecular weight is 392 g/mol. The van der Waals surface area contributed by atoms with E-state index in [1.165, 1.54) is 0 Å². The van der Waals surface area contributed by atoms with Crippen LogP contribution < -0.4 is 10.0 Å². The van der Waals surface area contributed by atoms with Crippen molar-refractivity contribution in [2.24, 2.45) is 0 Å². The molecule has 0 saturated heterocycles. The first-order valence-electron chi connectivity index (χ1n) is 8.49. The van der Waals surface area contributed by atoms with Crippen molar-refractivity contribution in [1.29, 1.82) is 0 Å². The molecule has 0 aromatic heterocycles. The monoisotopic (exact) mass is 392 g/mol. The van der Waals surface area contributed by atoms with Crippen molar-refractivity contribution in [3.63, 3.8) is 0 Å². The summed E-state index contributed by atoms with van der Waals surface area (Å²) in [5.74, 6) is -0.438. The molecule has 0 radical (unpaired) electrons. The van der Waals surface area contributed by atoms with Gasteiger partial charge in [0, 0.05) is 28.1 Å². The number of anilines is 2. The number of amides is 1. The Bertz CT molecular complexity index is 1220. The molecule has 0 atom stereocenters. The van der Waals surface area contributed by atoms with E-state index in [9.17, 15) is 18.0 Å². The second-order valence-corrected chi connectivity index (χ2v) is 8.29. The fraction of sp³-hybridized carbons (Fsp3) is 0.0476. The summed E-state index contributed by atoms with van der Waals surface area (Å²) in [7, 11) is -3.36. The lowest BCUT2D eigenvalue weighted by Crippen LogP contribution is -2.13. The molecular weight excluding hydrogens is 376 g/mol. The molecule has 6 nitrogen and oxygen atoms in total. The van der Waals surface area contributed by atoms with Gasteiger partial charge in [-0.1, -0.05) is 30.3 Å². The van der Waals surface area contributed by atoms with E-state index in [0.29, 0.717) is 28.1 Å². The molecule has 3 aromatic rings. The molecule has 3 aromatic carbocycles. The lowest BCUT2D eigenvalue weighted by Gasteiger charge is -2.08. The molecule has 0 saturated carbocycles. The van der Waals surface area contributed by atoms with Crippen molar-refractivity contribution in [1.82, 2.24) is 0 Å². The fourth-order valence-electron chi connectivity index (χ4n) is 3.21. The summed E-state index contributed by atoms with van der Waals surface area (Å²) in [5.41, 5.74) is 4.15. The third-order valence-corrected chi connectivity index (χ3v) is 5.04. The average Bonchev–Trinajstić information content (AvgIpc) is 2.95. The quantitative estimate of drug-likeness (QED) is 0.556. The molecule has 4 rings (SSSR count). The summed E-state index contributed by atoms with van der Waals surface area (Å²) in [6, 6.07) is 18.7. The molecule has 1 aliphatic rings. The van der Waals surface area contributed by atoms with E-state index >= 15 is 0 Å². The van der Waals surface area contributed by atoms with Gasteiger partial charge in [0.2, 0.25) is 10.0 Å². The van der Waals surface area contributed by atoms with Gasteiger partial charge in [0.25, 0.3) is 5.91 Å². The van der Waals surface area contributed by atoms with E-state index in [1.54, 1.807) is 48.5 Å². The van der Waals surface area contributed by atoms with E-state index in [2.05, 4.69) is 10.0 Å². The molecule has 0 aliphatic heterocycles. The second kappa shape index (κ2) is 6.61.